The van der Waals surface area contributed by atoms with Gasteiger partial charge in [0.15, 0.2) is 0 Å². The van der Waals surface area contributed by atoms with Gasteiger partial charge in [0.1, 0.15) is 5.69 Å². The number of amides is 1. The summed E-state index contributed by atoms with van der Waals surface area (Å²) in [4.78, 5) is 22.8. The normalized spacial score (nSPS) is 22.0. The highest BCUT2D eigenvalue weighted by molar-refractivity contribution is 5.96. The molecule has 8 nitrogen and oxygen atoms in total. The number of hydrogen-bond donors (Lipinski definition) is 3. The summed E-state index contributed by atoms with van der Waals surface area (Å²) in [5, 5.41) is 30.0. The van der Waals surface area contributed by atoms with E-state index in [1.807, 2.05) is 6.92 Å². The van der Waals surface area contributed by atoms with Gasteiger partial charge in [0, 0.05) is 0 Å². The smallest absolute Gasteiger partial charge is 0.322 e. The van der Waals surface area contributed by atoms with E-state index in [-0.39, 0.29) is 17.4 Å². The van der Waals surface area contributed by atoms with Crippen molar-refractivity contribution in [1.29, 1.82) is 0 Å². The largest absolute Gasteiger partial charge is 0.391 e. The van der Waals surface area contributed by atoms with Crippen LogP contribution < -0.4 is 5.32 Å². The van der Waals surface area contributed by atoms with Crippen molar-refractivity contribution in [2.75, 3.05) is 0 Å². The van der Waals surface area contributed by atoms with Crippen molar-refractivity contribution < 1.29 is 14.8 Å². The molecule has 2 unspecified atom stereocenters. The van der Waals surface area contributed by atoms with E-state index in [9.17, 15) is 20.0 Å². The number of hydrogen-bond acceptors (Lipinski definition) is 5. The molecule has 1 amide bonds. The number of carbonyl (C=O) groups excluding carboxylic acids is 1. The third-order valence-electron chi connectivity index (χ3n) is 3.76. The Morgan fingerprint density at radius 1 is 1.52 bits per heavy atom. The van der Waals surface area contributed by atoms with E-state index in [0.29, 0.717) is 31.4 Å². The fraction of sp³-hybridized carbons (Fsp3) is 0.692. The fourth-order valence-electron chi connectivity index (χ4n) is 2.67. The van der Waals surface area contributed by atoms with Crippen molar-refractivity contribution in [1.82, 2.24) is 15.5 Å². The number of nitrogens with zero attached hydrogens (tertiary/aromatic N) is 2. The third kappa shape index (κ3) is 3.38. The Balaban J connectivity index is 2.16. The van der Waals surface area contributed by atoms with Crippen LogP contribution in [0.25, 0.3) is 0 Å². The lowest BCUT2D eigenvalue weighted by atomic mass is 9.92. The first-order valence-corrected chi connectivity index (χ1v) is 7.25. The minimum atomic E-state index is -0.605. The number of carbonyl (C=O) groups is 1. The molecule has 1 saturated carbocycles. The van der Waals surface area contributed by atoms with Crippen molar-refractivity contribution in [2.45, 2.75) is 57.6 Å². The van der Waals surface area contributed by atoms with Gasteiger partial charge >= 0.3 is 5.69 Å². The van der Waals surface area contributed by atoms with Gasteiger partial charge in [-0.3, -0.25) is 20.0 Å². The molecular weight excluding hydrogens is 276 g/mol. The second-order valence-corrected chi connectivity index (χ2v) is 5.34. The summed E-state index contributed by atoms with van der Waals surface area (Å²) in [6, 6.07) is -0.364. The zero-order valence-corrected chi connectivity index (χ0v) is 12.0. The van der Waals surface area contributed by atoms with Crippen LogP contribution in [0, 0.1) is 10.1 Å². The molecule has 1 fully saturated rings. The Kier molecular flexibility index (Phi) is 4.89. The summed E-state index contributed by atoms with van der Waals surface area (Å²) < 4.78 is 0. The Morgan fingerprint density at radius 3 is 2.86 bits per heavy atom. The van der Waals surface area contributed by atoms with Crippen LogP contribution in [-0.4, -0.2) is 38.3 Å². The molecule has 116 valence electrons. The summed E-state index contributed by atoms with van der Waals surface area (Å²) in [5.41, 5.74) is -0.113. The number of aromatic amines is 1. The maximum atomic E-state index is 12.2. The van der Waals surface area contributed by atoms with E-state index >= 15 is 0 Å². The Labute approximate surface area is 122 Å². The number of nitro groups is 1. The predicted molar refractivity (Wildman–Crippen MR) is 75.0 cm³/mol. The number of H-pyrrole nitrogens is 1. The lowest BCUT2D eigenvalue weighted by Crippen LogP contribution is -2.45. The van der Waals surface area contributed by atoms with E-state index in [1.54, 1.807) is 0 Å². The van der Waals surface area contributed by atoms with Crippen LogP contribution in [0.3, 0.4) is 0 Å². The zero-order valence-electron chi connectivity index (χ0n) is 12.0. The molecule has 2 atom stereocenters. The lowest BCUT2D eigenvalue weighted by Gasteiger charge is -2.27. The number of aryl methyl sites for hydroxylation is 1. The van der Waals surface area contributed by atoms with Crippen LogP contribution >= 0.6 is 0 Å². The third-order valence-corrected chi connectivity index (χ3v) is 3.76. The predicted octanol–water partition coefficient (Wildman–Crippen LogP) is 1.30. The molecule has 0 aromatic carbocycles. The van der Waals surface area contributed by atoms with Gasteiger partial charge in [0.25, 0.3) is 5.91 Å². The first kappa shape index (κ1) is 15.4. The summed E-state index contributed by atoms with van der Waals surface area (Å²) >= 11 is 0. The standard InChI is InChI=1S/C13H20N4O4/c1-2-5-9-12(17(20)21)11(16-15-9)13(19)14-8-6-3-4-7-10(8)18/h8,10,18H,2-7H2,1H3,(H,14,19)(H,15,16). The molecule has 0 saturated heterocycles. The van der Waals surface area contributed by atoms with Crippen molar-refractivity contribution >= 4 is 11.6 Å². The fourth-order valence-corrected chi connectivity index (χ4v) is 2.67. The van der Waals surface area contributed by atoms with Gasteiger partial charge < -0.3 is 10.4 Å². The van der Waals surface area contributed by atoms with Crippen LogP contribution in [0.4, 0.5) is 5.69 Å². The minimum absolute atomic E-state index is 0.207. The molecule has 1 aromatic rings. The van der Waals surface area contributed by atoms with Crippen LogP contribution in [0.2, 0.25) is 0 Å². The first-order chi connectivity index (χ1) is 10.0. The van der Waals surface area contributed by atoms with Gasteiger partial charge in [-0.25, -0.2) is 0 Å². The maximum absolute atomic E-state index is 12.2. The van der Waals surface area contributed by atoms with Crippen LogP contribution in [0.1, 0.15) is 55.2 Å². The molecule has 21 heavy (non-hydrogen) atoms. The maximum Gasteiger partial charge on any atom is 0.322 e. The van der Waals surface area contributed by atoms with Gasteiger partial charge in [0.05, 0.1) is 17.1 Å². The second-order valence-electron chi connectivity index (χ2n) is 5.34. The van der Waals surface area contributed by atoms with Crippen LogP contribution in [0.5, 0.6) is 0 Å². The van der Waals surface area contributed by atoms with E-state index in [4.69, 9.17) is 0 Å². The van der Waals surface area contributed by atoms with Gasteiger partial charge in [-0.2, -0.15) is 5.10 Å². The number of nitrogens with one attached hydrogen (secondary N) is 2. The quantitative estimate of drug-likeness (QED) is 0.558. The highest BCUT2D eigenvalue weighted by Gasteiger charge is 2.32. The molecular formula is C13H20N4O4. The lowest BCUT2D eigenvalue weighted by molar-refractivity contribution is -0.385. The average molecular weight is 296 g/mol. The molecule has 2 rings (SSSR count). The zero-order chi connectivity index (χ0) is 15.4. The first-order valence-electron chi connectivity index (χ1n) is 7.25. The van der Waals surface area contributed by atoms with Crippen molar-refractivity contribution in [3.63, 3.8) is 0 Å². The molecule has 0 bridgehead atoms. The van der Waals surface area contributed by atoms with E-state index < -0.39 is 16.9 Å². The molecule has 1 heterocycles. The van der Waals surface area contributed by atoms with E-state index in [0.717, 1.165) is 12.8 Å². The van der Waals surface area contributed by atoms with E-state index in [1.165, 1.54) is 0 Å². The van der Waals surface area contributed by atoms with Crippen molar-refractivity contribution in [2.24, 2.45) is 0 Å². The van der Waals surface area contributed by atoms with E-state index in [2.05, 4.69) is 15.5 Å². The minimum Gasteiger partial charge on any atom is -0.391 e. The van der Waals surface area contributed by atoms with Gasteiger partial charge in [-0.1, -0.05) is 26.2 Å². The monoisotopic (exact) mass is 296 g/mol. The molecule has 8 heteroatoms. The molecule has 1 aromatic heterocycles. The van der Waals surface area contributed by atoms with Gasteiger partial charge in [-0.05, 0) is 19.3 Å². The number of aliphatic hydroxyl groups excluding tert-OH is 1. The molecule has 0 aliphatic heterocycles. The highest BCUT2D eigenvalue weighted by Crippen LogP contribution is 2.24. The second kappa shape index (κ2) is 6.66. The SMILES string of the molecule is CCCc1[nH]nc(C(=O)NC2CCCCC2O)c1[N+](=O)[O-]. The molecule has 3 N–H and O–H groups in total. The highest BCUT2D eigenvalue weighted by atomic mass is 16.6. The Hall–Kier alpha value is -1.96. The summed E-state index contributed by atoms with van der Waals surface area (Å²) in [6.45, 7) is 1.89. The molecule has 1 aliphatic carbocycles. The van der Waals surface area contributed by atoms with Crippen LogP contribution in [-0.2, 0) is 6.42 Å². The van der Waals surface area contributed by atoms with Crippen molar-refractivity contribution in [3.8, 4) is 0 Å². The molecule has 0 spiro atoms. The number of aromatic nitrogens is 2. The molecule has 1 aliphatic rings. The van der Waals surface area contributed by atoms with Crippen LogP contribution in [0.15, 0.2) is 0 Å². The summed E-state index contributed by atoms with van der Waals surface area (Å²) in [5.74, 6) is -0.605. The van der Waals surface area contributed by atoms with Crippen molar-refractivity contribution in [3.05, 3.63) is 21.5 Å². The number of rotatable bonds is 5. The number of aliphatic hydroxyl groups is 1. The topological polar surface area (TPSA) is 121 Å². The average Bonchev–Trinajstić information content (AvgIpc) is 2.86. The van der Waals surface area contributed by atoms with Gasteiger partial charge in [0.2, 0.25) is 5.69 Å². The Morgan fingerprint density at radius 2 is 2.24 bits per heavy atom. The summed E-state index contributed by atoms with van der Waals surface area (Å²) in [7, 11) is 0. The summed E-state index contributed by atoms with van der Waals surface area (Å²) in [6.07, 6.45) is 3.73. The Bertz CT molecular complexity index is 528. The van der Waals surface area contributed by atoms with Gasteiger partial charge in [-0.15, -0.1) is 0 Å². The molecule has 0 radical (unpaired) electrons.